The smallest absolute Gasteiger partial charge is 0.138 e. The van der Waals surface area contributed by atoms with Gasteiger partial charge in [0.2, 0.25) is 0 Å². The predicted molar refractivity (Wildman–Crippen MR) is 81.8 cm³/mol. The molecule has 3 N–H and O–H groups in total. The molecule has 20 heavy (non-hydrogen) atoms. The van der Waals surface area contributed by atoms with E-state index in [1.807, 2.05) is 0 Å². The second-order valence-corrected chi connectivity index (χ2v) is 5.37. The van der Waals surface area contributed by atoms with Crippen LogP contribution >= 0.6 is 23.2 Å². The zero-order valence-corrected chi connectivity index (χ0v) is 12.8. The second kappa shape index (κ2) is 10.2. The van der Waals surface area contributed by atoms with Crippen LogP contribution < -0.4 is 10.1 Å². The van der Waals surface area contributed by atoms with Crippen molar-refractivity contribution in [1.29, 1.82) is 0 Å². The Morgan fingerprint density at radius 3 is 2.70 bits per heavy atom. The molecule has 1 rings (SSSR count). The number of rotatable bonds is 10. The number of aliphatic hydroxyl groups excluding tert-OH is 2. The summed E-state index contributed by atoms with van der Waals surface area (Å²) in [5.74, 6) is 0.512. The molecule has 0 saturated carbocycles. The Labute approximate surface area is 129 Å². The van der Waals surface area contributed by atoms with E-state index in [-0.39, 0.29) is 13.2 Å². The number of halogens is 2. The Balaban J connectivity index is 2.14. The maximum Gasteiger partial charge on any atom is 0.138 e. The summed E-state index contributed by atoms with van der Waals surface area (Å²) in [4.78, 5) is 0. The van der Waals surface area contributed by atoms with Crippen LogP contribution in [0.3, 0.4) is 0 Å². The van der Waals surface area contributed by atoms with E-state index < -0.39 is 6.10 Å². The van der Waals surface area contributed by atoms with E-state index in [0.29, 0.717) is 22.3 Å². The molecule has 0 aliphatic carbocycles. The molecular weight excluding hydrogens is 301 g/mol. The van der Waals surface area contributed by atoms with E-state index in [1.165, 1.54) is 0 Å². The van der Waals surface area contributed by atoms with Crippen molar-refractivity contribution in [3.8, 4) is 5.75 Å². The van der Waals surface area contributed by atoms with Gasteiger partial charge in [-0.1, -0.05) is 23.2 Å². The Morgan fingerprint density at radius 1 is 1.20 bits per heavy atom. The van der Waals surface area contributed by atoms with Crippen molar-refractivity contribution < 1.29 is 14.9 Å². The molecule has 1 atom stereocenters. The van der Waals surface area contributed by atoms with Gasteiger partial charge in [0.1, 0.15) is 18.5 Å². The molecule has 1 unspecified atom stereocenters. The molecule has 0 saturated heterocycles. The maximum absolute atomic E-state index is 9.76. The van der Waals surface area contributed by atoms with Crippen LogP contribution in [0.2, 0.25) is 10.0 Å². The molecule has 6 heteroatoms. The minimum atomic E-state index is -0.598. The van der Waals surface area contributed by atoms with Crippen molar-refractivity contribution in [3.63, 3.8) is 0 Å². The van der Waals surface area contributed by atoms with Crippen molar-refractivity contribution in [3.05, 3.63) is 28.2 Å². The molecule has 0 amide bonds. The quantitative estimate of drug-likeness (QED) is 0.579. The number of hydrogen-bond donors (Lipinski definition) is 3. The van der Waals surface area contributed by atoms with Crippen molar-refractivity contribution >= 4 is 23.2 Å². The molecule has 4 nitrogen and oxygen atoms in total. The molecule has 114 valence electrons. The Hall–Kier alpha value is -0.520. The normalized spacial score (nSPS) is 12.4. The van der Waals surface area contributed by atoms with Gasteiger partial charge < -0.3 is 20.3 Å². The number of benzene rings is 1. The van der Waals surface area contributed by atoms with Crippen LogP contribution in [-0.2, 0) is 0 Å². The zero-order valence-electron chi connectivity index (χ0n) is 11.3. The molecule has 0 radical (unpaired) electrons. The third-order valence-corrected chi connectivity index (χ3v) is 3.25. The van der Waals surface area contributed by atoms with Crippen molar-refractivity contribution in [1.82, 2.24) is 5.32 Å². The zero-order chi connectivity index (χ0) is 14.8. The van der Waals surface area contributed by atoms with Crippen LogP contribution in [0.25, 0.3) is 0 Å². The van der Waals surface area contributed by atoms with E-state index in [1.54, 1.807) is 18.2 Å². The Kier molecular flexibility index (Phi) is 8.98. The number of aliphatic hydroxyl groups is 2. The molecule has 0 aromatic heterocycles. The number of nitrogens with one attached hydrogen (secondary N) is 1. The Bertz CT molecular complexity index is 391. The van der Waals surface area contributed by atoms with Crippen LogP contribution in [0, 0.1) is 0 Å². The SMILES string of the molecule is OCCCCCNCC(O)COc1ccc(Cl)cc1Cl. The first-order chi connectivity index (χ1) is 9.63. The van der Waals surface area contributed by atoms with Gasteiger partial charge in [-0.25, -0.2) is 0 Å². The van der Waals surface area contributed by atoms with E-state index in [9.17, 15) is 5.11 Å². The average Bonchev–Trinajstić information content (AvgIpc) is 2.41. The summed E-state index contributed by atoms with van der Waals surface area (Å²) in [7, 11) is 0. The summed E-state index contributed by atoms with van der Waals surface area (Å²) in [6.45, 7) is 1.69. The van der Waals surface area contributed by atoms with Crippen molar-refractivity contribution in [2.75, 3.05) is 26.3 Å². The standard InChI is InChI=1S/C14H21Cl2NO3/c15-11-4-5-14(13(16)8-11)20-10-12(19)9-17-6-2-1-3-7-18/h4-5,8,12,17-19H,1-3,6-7,9-10H2. The maximum atomic E-state index is 9.76. The van der Waals surface area contributed by atoms with E-state index in [4.69, 9.17) is 33.0 Å². The lowest BCUT2D eigenvalue weighted by Gasteiger charge is -2.14. The minimum absolute atomic E-state index is 0.172. The van der Waals surface area contributed by atoms with Crippen LogP contribution in [0.15, 0.2) is 18.2 Å². The van der Waals surface area contributed by atoms with Crippen molar-refractivity contribution in [2.24, 2.45) is 0 Å². The molecule has 0 heterocycles. The van der Waals surface area contributed by atoms with Gasteiger partial charge in [0.15, 0.2) is 0 Å². The molecule has 0 fully saturated rings. The van der Waals surface area contributed by atoms with Gasteiger partial charge >= 0.3 is 0 Å². The minimum Gasteiger partial charge on any atom is -0.489 e. The lowest BCUT2D eigenvalue weighted by atomic mass is 10.2. The van der Waals surface area contributed by atoms with E-state index in [2.05, 4.69) is 5.32 Å². The van der Waals surface area contributed by atoms with Gasteiger partial charge in [-0.05, 0) is 44.0 Å². The summed E-state index contributed by atoms with van der Waals surface area (Å²) in [5, 5.41) is 22.5. The number of ether oxygens (including phenoxy) is 1. The van der Waals surface area contributed by atoms with Gasteiger partial charge in [0.05, 0.1) is 5.02 Å². The van der Waals surface area contributed by atoms with Gasteiger partial charge in [0.25, 0.3) is 0 Å². The van der Waals surface area contributed by atoms with Crippen LogP contribution in [-0.4, -0.2) is 42.6 Å². The number of hydrogen-bond acceptors (Lipinski definition) is 4. The third kappa shape index (κ3) is 7.31. The van der Waals surface area contributed by atoms with Gasteiger partial charge in [-0.2, -0.15) is 0 Å². The number of unbranched alkanes of at least 4 members (excludes halogenated alkanes) is 2. The van der Waals surface area contributed by atoms with Crippen LogP contribution in [0.1, 0.15) is 19.3 Å². The Morgan fingerprint density at radius 2 is 2.00 bits per heavy atom. The summed E-state index contributed by atoms with van der Waals surface area (Å²) < 4.78 is 5.44. The molecule has 1 aromatic rings. The molecule has 0 spiro atoms. The highest BCUT2D eigenvalue weighted by Gasteiger charge is 2.07. The van der Waals surface area contributed by atoms with Gasteiger partial charge in [-0.3, -0.25) is 0 Å². The molecule has 0 aliphatic heterocycles. The highest BCUT2D eigenvalue weighted by atomic mass is 35.5. The second-order valence-electron chi connectivity index (χ2n) is 4.53. The van der Waals surface area contributed by atoms with Crippen LogP contribution in [0.4, 0.5) is 0 Å². The fourth-order valence-electron chi connectivity index (χ4n) is 1.64. The van der Waals surface area contributed by atoms with Gasteiger partial charge in [-0.15, -0.1) is 0 Å². The molecule has 0 bridgehead atoms. The molecular formula is C14H21Cl2NO3. The molecule has 0 aliphatic rings. The summed E-state index contributed by atoms with van der Waals surface area (Å²) in [6.07, 6.45) is 2.19. The van der Waals surface area contributed by atoms with Gasteiger partial charge in [0, 0.05) is 18.2 Å². The van der Waals surface area contributed by atoms with Crippen molar-refractivity contribution in [2.45, 2.75) is 25.4 Å². The lowest BCUT2D eigenvalue weighted by Crippen LogP contribution is -2.32. The largest absolute Gasteiger partial charge is 0.489 e. The average molecular weight is 322 g/mol. The van der Waals surface area contributed by atoms with E-state index in [0.717, 1.165) is 25.8 Å². The monoisotopic (exact) mass is 321 g/mol. The fraction of sp³-hybridized carbons (Fsp3) is 0.571. The highest BCUT2D eigenvalue weighted by molar-refractivity contribution is 6.35. The summed E-state index contributed by atoms with van der Waals surface area (Å²) in [5.41, 5.74) is 0. The predicted octanol–water partition coefficient (Wildman–Crippen LogP) is 2.49. The van der Waals surface area contributed by atoms with Crippen LogP contribution in [0.5, 0.6) is 5.75 Å². The topological polar surface area (TPSA) is 61.7 Å². The third-order valence-electron chi connectivity index (χ3n) is 2.72. The summed E-state index contributed by atoms with van der Waals surface area (Å²) >= 11 is 11.7. The highest BCUT2D eigenvalue weighted by Crippen LogP contribution is 2.27. The lowest BCUT2D eigenvalue weighted by molar-refractivity contribution is 0.106. The first kappa shape index (κ1) is 17.5. The first-order valence-electron chi connectivity index (χ1n) is 6.71. The van der Waals surface area contributed by atoms with E-state index >= 15 is 0 Å². The first-order valence-corrected chi connectivity index (χ1v) is 7.46. The molecule has 1 aromatic carbocycles. The fourth-order valence-corrected chi connectivity index (χ4v) is 2.11. The summed E-state index contributed by atoms with van der Waals surface area (Å²) in [6, 6.07) is 4.97.